The van der Waals surface area contributed by atoms with Crippen LogP contribution in [0.5, 0.6) is 5.88 Å². The Morgan fingerprint density at radius 1 is 1.28 bits per heavy atom. The van der Waals surface area contributed by atoms with Crippen LogP contribution in [0, 0.1) is 5.41 Å². The molecule has 0 radical (unpaired) electrons. The van der Waals surface area contributed by atoms with Crippen molar-refractivity contribution in [3.05, 3.63) is 23.9 Å². The summed E-state index contributed by atoms with van der Waals surface area (Å²) in [5.74, 6) is 1.56. The van der Waals surface area contributed by atoms with E-state index in [0.717, 1.165) is 44.2 Å². The summed E-state index contributed by atoms with van der Waals surface area (Å²) in [6.45, 7) is 6.57. The average Bonchev–Trinajstić information content (AvgIpc) is 3.18. The van der Waals surface area contributed by atoms with Crippen molar-refractivity contribution in [2.24, 2.45) is 10.4 Å². The third-order valence-corrected chi connectivity index (χ3v) is 5.06. The summed E-state index contributed by atoms with van der Waals surface area (Å²) in [6.07, 6.45) is 6.72. The molecule has 7 nitrogen and oxygen atoms in total. The minimum absolute atomic E-state index is 0. The van der Waals surface area contributed by atoms with Crippen molar-refractivity contribution in [3.8, 4) is 5.88 Å². The normalized spacial score (nSPS) is 15.4. The predicted molar refractivity (Wildman–Crippen MR) is 128 cm³/mol. The number of rotatable bonds is 9. The van der Waals surface area contributed by atoms with Crippen molar-refractivity contribution in [3.63, 3.8) is 0 Å². The maximum atomic E-state index is 12.8. The zero-order chi connectivity index (χ0) is 20.4. The second kappa shape index (κ2) is 12.9. The van der Waals surface area contributed by atoms with Crippen LogP contribution in [0.25, 0.3) is 0 Å². The molecule has 1 aliphatic rings. The molecule has 0 atom stereocenters. The van der Waals surface area contributed by atoms with Gasteiger partial charge in [0.15, 0.2) is 5.96 Å². The van der Waals surface area contributed by atoms with E-state index in [0.29, 0.717) is 31.5 Å². The second-order valence-electron chi connectivity index (χ2n) is 7.55. The highest BCUT2D eigenvalue weighted by molar-refractivity contribution is 14.0. The third-order valence-electron chi connectivity index (χ3n) is 5.06. The summed E-state index contributed by atoms with van der Waals surface area (Å²) < 4.78 is 5.72. The number of pyridine rings is 1. The van der Waals surface area contributed by atoms with E-state index in [4.69, 9.17) is 9.73 Å². The lowest BCUT2D eigenvalue weighted by Gasteiger charge is -2.31. The first-order chi connectivity index (χ1) is 13.5. The molecule has 0 aliphatic heterocycles. The van der Waals surface area contributed by atoms with Crippen molar-refractivity contribution in [2.75, 3.05) is 33.8 Å². The SMILES string of the molecule is CCCOc1ncccc1CN=C(NCC)NCC1(C(=O)N(C)C)CCCC1.I. The van der Waals surface area contributed by atoms with Crippen LogP contribution in [0.1, 0.15) is 51.5 Å². The summed E-state index contributed by atoms with van der Waals surface area (Å²) in [5, 5.41) is 6.68. The molecule has 1 heterocycles. The molecular formula is C21H36IN5O2. The van der Waals surface area contributed by atoms with E-state index in [1.54, 1.807) is 11.1 Å². The zero-order valence-electron chi connectivity index (χ0n) is 18.2. The molecule has 1 saturated carbocycles. The Balaban J connectivity index is 0.00000420. The van der Waals surface area contributed by atoms with Crippen LogP contribution in [0.3, 0.4) is 0 Å². The Morgan fingerprint density at radius 2 is 2.00 bits per heavy atom. The van der Waals surface area contributed by atoms with Gasteiger partial charge < -0.3 is 20.3 Å². The lowest BCUT2D eigenvalue weighted by Crippen LogP contribution is -2.49. The Labute approximate surface area is 192 Å². The van der Waals surface area contributed by atoms with Crippen LogP contribution in [0.4, 0.5) is 0 Å². The van der Waals surface area contributed by atoms with Gasteiger partial charge in [0.1, 0.15) is 0 Å². The number of aromatic nitrogens is 1. The fraction of sp³-hybridized carbons (Fsp3) is 0.667. The smallest absolute Gasteiger partial charge is 0.230 e. The van der Waals surface area contributed by atoms with Crippen LogP contribution < -0.4 is 15.4 Å². The van der Waals surface area contributed by atoms with Crippen molar-refractivity contribution in [2.45, 2.75) is 52.5 Å². The standard InChI is InChI=1S/C21H35N5O2.HI/c1-5-14-28-18-17(10-9-13-23-18)15-24-20(22-6-2)25-16-21(11-7-8-12-21)19(27)26(3)4;/h9-10,13H,5-8,11-12,14-16H2,1-4H3,(H2,22,24,25);1H. The lowest BCUT2D eigenvalue weighted by molar-refractivity contribution is -0.138. The minimum Gasteiger partial charge on any atom is -0.477 e. The molecule has 0 aromatic carbocycles. The highest BCUT2D eigenvalue weighted by Crippen LogP contribution is 2.38. The summed E-state index contributed by atoms with van der Waals surface area (Å²) in [4.78, 5) is 23.5. The average molecular weight is 517 g/mol. The fourth-order valence-corrected chi connectivity index (χ4v) is 3.62. The highest BCUT2D eigenvalue weighted by Gasteiger charge is 2.42. The number of nitrogens with one attached hydrogen (secondary N) is 2. The van der Waals surface area contributed by atoms with Gasteiger partial charge in [-0.1, -0.05) is 25.8 Å². The molecule has 1 aromatic heterocycles. The number of carbonyl (C=O) groups is 1. The Bertz CT molecular complexity index is 660. The molecular weight excluding hydrogens is 481 g/mol. The van der Waals surface area contributed by atoms with Crippen molar-refractivity contribution in [1.82, 2.24) is 20.5 Å². The van der Waals surface area contributed by atoms with Gasteiger partial charge in [0.05, 0.1) is 18.6 Å². The van der Waals surface area contributed by atoms with E-state index in [1.165, 1.54) is 0 Å². The first-order valence-electron chi connectivity index (χ1n) is 10.3. The summed E-state index contributed by atoms with van der Waals surface area (Å²) in [5.41, 5.74) is 0.622. The molecule has 0 unspecified atom stereocenters. The fourth-order valence-electron chi connectivity index (χ4n) is 3.62. The minimum atomic E-state index is -0.330. The van der Waals surface area contributed by atoms with E-state index >= 15 is 0 Å². The Morgan fingerprint density at radius 3 is 2.62 bits per heavy atom. The summed E-state index contributed by atoms with van der Waals surface area (Å²) in [6, 6.07) is 3.88. The third kappa shape index (κ3) is 7.31. The molecule has 1 fully saturated rings. The molecule has 29 heavy (non-hydrogen) atoms. The van der Waals surface area contributed by atoms with Gasteiger partial charge in [0.2, 0.25) is 11.8 Å². The quantitative estimate of drug-likeness (QED) is 0.299. The van der Waals surface area contributed by atoms with Crippen LogP contribution in [-0.2, 0) is 11.3 Å². The van der Waals surface area contributed by atoms with E-state index in [9.17, 15) is 4.79 Å². The van der Waals surface area contributed by atoms with Crippen LogP contribution in [0.2, 0.25) is 0 Å². The molecule has 0 saturated heterocycles. The molecule has 0 bridgehead atoms. The number of ether oxygens (including phenoxy) is 1. The molecule has 2 rings (SSSR count). The van der Waals surface area contributed by atoms with Crippen molar-refractivity contribution < 1.29 is 9.53 Å². The number of halogens is 1. The largest absolute Gasteiger partial charge is 0.477 e. The van der Waals surface area contributed by atoms with Gasteiger partial charge in [-0.15, -0.1) is 24.0 Å². The van der Waals surface area contributed by atoms with Gasteiger partial charge in [-0.2, -0.15) is 0 Å². The molecule has 164 valence electrons. The molecule has 8 heteroatoms. The molecule has 2 N–H and O–H groups in total. The number of guanidine groups is 1. The monoisotopic (exact) mass is 517 g/mol. The first kappa shape index (κ1) is 25.5. The van der Waals surface area contributed by atoms with E-state index in [1.807, 2.05) is 33.2 Å². The maximum absolute atomic E-state index is 12.8. The number of aliphatic imine (C=N–C) groups is 1. The van der Waals surface area contributed by atoms with Crippen LogP contribution in [0.15, 0.2) is 23.3 Å². The Kier molecular flexibility index (Phi) is 11.3. The number of amides is 1. The number of nitrogens with zero attached hydrogens (tertiary/aromatic N) is 3. The number of hydrogen-bond donors (Lipinski definition) is 2. The number of carbonyl (C=O) groups excluding carboxylic acids is 1. The lowest BCUT2D eigenvalue weighted by atomic mass is 9.84. The van der Waals surface area contributed by atoms with Crippen LogP contribution in [-0.4, -0.2) is 55.5 Å². The molecule has 1 amide bonds. The zero-order valence-corrected chi connectivity index (χ0v) is 20.5. The van der Waals surface area contributed by atoms with E-state index in [-0.39, 0.29) is 35.3 Å². The molecule has 0 spiro atoms. The predicted octanol–water partition coefficient (Wildman–Crippen LogP) is 3.19. The maximum Gasteiger partial charge on any atom is 0.230 e. The van der Waals surface area contributed by atoms with Gasteiger partial charge in [-0.3, -0.25) is 4.79 Å². The van der Waals surface area contributed by atoms with Gasteiger partial charge in [-0.25, -0.2) is 9.98 Å². The first-order valence-corrected chi connectivity index (χ1v) is 10.3. The highest BCUT2D eigenvalue weighted by atomic mass is 127. The topological polar surface area (TPSA) is 78.9 Å². The second-order valence-corrected chi connectivity index (χ2v) is 7.55. The van der Waals surface area contributed by atoms with Crippen molar-refractivity contribution in [1.29, 1.82) is 0 Å². The summed E-state index contributed by atoms with van der Waals surface area (Å²) in [7, 11) is 3.67. The van der Waals surface area contributed by atoms with Crippen LogP contribution >= 0.6 is 24.0 Å². The van der Waals surface area contributed by atoms with Crippen molar-refractivity contribution >= 4 is 35.8 Å². The Hall–Kier alpha value is -1.58. The summed E-state index contributed by atoms with van der Waals surface area (Å²) >= 11 is 0. The molecule has 1 aromatic rings. The number of hydrogen-bond acceptors (Lipinski definition) is 4. The van der Waals surface area contributed by atoms with Gasteiger partial charge in [0, 0.05) is 38.9 Å². The van der Waals surface area contributed by atoms with E-state index in [2.05, 4.69) is 22.5 Å². The van der Waals surface area contributed by atoms with Gasteiger partial charge in [-0.05, 0) is 32.3 Å². The van der Waals surface area contributed by atoms with Gasteiger partial charge >= 0.3 is 0 Å². The van der Waals surface area contributed by atoms with E-state index < -0.39 is 0 Å². The van der Waals surface area contributed by atoms with Gasteiger partial charge in [0.25, 0.3) is 0 Å². The molecule has 1 aliphatic carbocycles.